The average molecular weight is 354 g/mol. The quantitative estimate of drug-likeness (QED) is 0.842. The molecule has 0 atom stereocenters. The maximum atomic E-state index is 12.7. The van der Waals surface area contributed by atoms with E-state index in [0.717, 1.165) is 13.1 Å². The second-order valence-corrected chi connectivity index (χ2v) is 6.93. The average Bonchev–Trinajstić information content (AvgIpc) is 2.55. The lowest BCUT2D eigenvalue weighted by atomic mass is 9.89. The van der Waals surface area contributed by atoms with E-state index in [9.17, 15) is 9.59 Å². The Kier molecular flexibility index (Phi) is 5.72. The van der Waals surface area contributed by atoms with E-state index in [0.29, 0.717) is 29.5 Å². The third-order valence-corrected chi connectivity index (χ3v) is 4.60. The zero-order chi connectivity index (χ0) is 17.9. The fraction of sp³-hybridized carbons (Fsp3) is 0.529. The second kappa shape index (κ2) is 7.40. The Morgan fingerprint density at radius 3 is 2.38 bits per heavy atom. The molecule has 0 unspecified atom stereocenters. The van der Waals surface area contributed by atoms with Crippen LogP contribution in [0.4, 0.5) is 5.69 Å². The van der Waals surface area contributed by atoms with Crippen LogP contribution in [-0.2, 0) is 9.59 Å². The highest BCUT2D eigenvalue weighted by Gasteiger charge is 2.39. The lowest BCUT2D eigenvalue weighted by molar-refractivity contribution is -0.147. The first-order valence-corrected chi connectivity index (χ1v) is 8.26. The monoisotopic (exact) mass is 353 g/mol. The number of anilines is 1. The van der Waals surface area contributed by atoms with Crippen LogP contribution in [0.25, 0.3) is 0 Å². The summed E-state index contributed by atoms with van der Waals surface area (Å²) in [5.41, 5.74) is -0.618. The van der Waals surface area contributed by atoms with Gasteiger partial charge in [-0.05, 0) is 39.1 Å². The Bertz CT molecular complexity index is 626. The minimum Gasteiger partial charge on any atom is -0.495 e. The van der Waals surface area contributed by atoms with Gasteiger partial charge in [-0.1, -0.05) is 11.6 Å². The summed E-state index contributed by atoms with van der Waals surface area (Å²) < 4.78 is 5.09. The zero-order valence-corrected chi connectivity index (χ0v) is 15.3. The molecule has 1 aromatic rings. The van der Waals surface area contributed by atoms with Gasteiger partial charge in [0.2, 0.25) is 11.8 Å². The number of methoxy groups -OCH3 is 1. The fourth-order valence-corrected chi connectivity index (χ4v) is 2.79. The Balaban J connectivity index is 2.06. The van der Waals surface area contributed by atoms with Crippen molar-refractivity contribution in [3.05, 3.63) is 23.2 Å². The van der Waals surface area contributed by atoms with Gasteiger partial charge in [0.1, 0.15) is 11.2 Å². The van der Waals surface area contributed by atoms with Crippen molar-refractivity contribution < 1.29 is 14.3 Å². The van der Waals surface area contributed by atoms with E-state index in [2.05, 4.69) is 10.2 Å². The van der Waals surface area contributed by atoms with E-state index >= 15 is 0 Å². The van der Waals surface area contributed by atoms with Crippen LogP contribution in [0.3, 0.4) is 0 Å². The van der Waals surface area contributed by atoms with Crippen LogP contribution in [-0.4, -0.2) is 62.0 Å². The molecule has 2 amide bonds. The van der Waals surface area contributed by atoms with Gasteiger partial charge in [0.15, 0.2) is 0 Å². The molecule has 7 heteroatoms. The number of rotatable bonds is 4. The summed E-state index contributed by atoms with van der Waals surface area (Å²) in [6.45, 7) is 6.21. The van der Waals surface area contributed by atoms with Crippen LogP contribution in [0, 0.1) is 5.41 Å². The second-order valence-electron chi connectivity index (χ2n) is 6.52. The molecule has 0 aromatic heterocycles. The standard InChI is InChI=1S/C17H24ClN3O3/c1-17(2,16(23)21-9-7-20(3)8-10-21)15(22)19-12-5-6-14(24-4)13(18)11-12/h5-6,11H,7-10H2,1-4H3,(H,19,22). The number of hydrogen-bond acceptors (Lipinski definition) is 4. The lowest BCUT2D eigenvalue weighted by Crippen LogP contribution is -2.53. The van der Waals surface area contributed by atoms with Crippen molar-refractivity contribution in [1.29, 1.82) is 0 Å². The highest BCUT2D eigenvalue weighted by molar-refractivity contribution is 6.32. The van der Waals surface area contributed by atoms with Crippen molar-refractivity contribution in [3.63, 3.8) is 0 Å². The zero-order valence-electron chi connectivity index (χ0n) is 14.6. The van der Waals surface area contributed by atoms with Gasteiger partial charge in [-0.3, -0.25) is 9.59 Å². The summed E-state index contributed by atoms with van der Waals surface area (Å²) in [5, 5.41) is 3.17. The molecular weight excluding hydrogens is 330 g/mol. The summed E-state index contributed by atoms with van der Waals surface area (Å²) in [7, 11) is 3.55. The maximum Gasteiger partial charge on any atom is 0.239 e. The number of amides is 2. The van der Waals surface area contributed by atoms with Gasteiger partial charge in [0.25, 0.3) is 0 Å². The first-order valence-electron chi connectivity index (χ1n) is 7.88. The third kappa shape index (κ3) is 3.99. The summed E-state index contributed by atoms with van der Waals surface area (Å²) in [4.78, 5) is 29.2. The Hall–Kier alpha value is -1.79. The molecule has 24 heavy (non-hydrogen) atoms. The topological polar surface area (TPSA) is 61.9 Å². The molecule has 1 saturated heterocycles. The summed E-state index contributed by atoms with van der Waals surface area (Å²) in [6, 6.07) is 4.97. The molecule has 0 aliphatic carbocycles. The largest absolute Gasteiger partial charge is 0.495 e. The number of piperazine rings is 1. The van der Waals surface area contributed by atoms with Gasteiger partial charge in [0.05, 0.1) is 12.1 Å². The molecule has 0 radical (unpaired) electrons. The van der Waals surface area contributed by atoms with Gasteiger partial charge in [0, 0.05) is 31.9 Å². The van der Waals surface area contributed by atoms with Crippen LogP contribution in [0.2, 0.25) is 5.02 Å². The number of halogens is 1. The van der Waals surface area contributed by atoms with Crippen molar-refractivity contribution in [2.75, 3.05) is 45.7 Å². The normalized spacial score (nSPS) is 16.0. The molecule has 1 heterocycles. The Labute approximate surface area is 147 Å². The predicted octanol–water partition coefficient (Wildman–Crippen LogP) is 2.09. The number of nitrogens with one attached hydrogen (secondary N) is 1. The maximum absolute atomic E-state index is 12.7. The smallest absolute Gasteiger partial charge is 0.239 e. The van der Waals surface area contributed by atoms with Crippen LogP contribution in [0.1, 0.15) is 13.8 Å². The SMILES string of the molecule is COc1ccc(NC(=O)C(C)(C)C(=O)N2CCN(C)CC2)cc1Cl. The number of carbonyl (C=O) groups is 2. The van der Waals surface area contributed by atoms with Gasteiger partial charge < -0.3 is 19.9 Å². The minimum absolute atomic E-state index is 0.160. The first kappa shape index (κ1) is 18.5. The van der Waals surface area contributed by atoms with Crippen LogP contribution in [0.15, 0.2) is 18.2 Å². The number of nitrogens with zero attached hydrogens (tertiary/aromatic N) is 2. The van der Waals surface area contributed by atoms with E-state index in [1.165, 1.54) is 7.11 Å². The predicted molar refractivity (Wildman–Crippen MR) is 94.5 cm³/mol. The number of ether oxygens (including phenoxy) is 1. The van der Waals surface area contributed by atoms with Crippen LogP contribution >= 0.6 is 11.6 Å². The van der Waals surface area contributed by atoms with E-state index in [1.54, 1.807) is 36.9 Å². The molecule has 2 rings (SSSR count). The van der Waals surface area contributed by atoms with Crippen molar-refractivity contribution >= 4 is 29.1 Å². The molecule has 0 saturated carbocycles. The molecule has 0 bridgehead atoms. The van der Waals surface area contributed by atoms with E-state index in [1.807, 2.05) is 7.05 Å². The van der Waals surface area contributed by atoms with Gasteiger partial charge in [-0.25, -0.2) is 0 Å². The van der Waals surface area contributed by atoms with E-state index in [-0.39, 0.29) is 11.8 Å². The minimum atomic E-state index is -1.15. The molecule has 0 spiro atoms. The third-order valence-electron chi connectivity index (χ3n) is 4.30. The molecule has 1 aliphatic rings. The molecule has 1 fully saturated rings. The number of benzene rings is 1. The highest BCUT2D eigenvalue weighted by Crippen LogP contribution is 2.29. The van der Waals surface area contributed by atoms with Gasteiger partial charge in [-0.2, -0.15) is 0 Å². The van der Waals surface area contributed by atoms with Crippen molar-refractivity contribution in [3.8, 4) is 5.75 Å². The van der Waals surface area contributed by atoms with Gasteiger partial charge in [-0.15, -0.1) is 0 Å². The fourth-order valence-electron chi connectivity index (χ4n) is 2.53. The number of hydrogen-bond donors (Lipinski definition) is 1. The molecular formula is C17H24ClN3O3. The number of carbonyl (C=O) groups excluding carboxylic acids is 2. The highest BCUT2D eigenvalue weighted by atomic mass is 35.5. The molecule has 132 valence electrons. The summed E-state index contributed by atoms with van der Waals surface area (Å²) in [5.74, 6) is 0.0165. The van der Waals surface area contributed by atoms with Crippen LogP contribution in [0.5, 0.6) is 5.75 Å². The molecule has 1 aromatic carbocycles. The Morgan fingerprint density at radius 2 is 1.83 bits per heavy atom. The molecule has 1 aliphatic heterocycles. The molecule has 6 nitrogen and oxygen atoms in total. The number of likely N-dealkylation sites (N-methyl/N-ethyl adjacent to an activating group) is 1. The molecule has 1 N–H and O–H groups in total. The van der Waals surface area contributed by atoms with Crippen molar-refractivity contribution in [2.45, 2.75) is 13.8 Å². The van der Waals surface area contributed by atoms with E-state index in [4.69, 9.17) is 16.3 Å². The van der Waals surface area contributed by atoms with Crippen molar-refractivity contribution in [1.82, 2.24) is 9.80 Å². The van der Waals surface area contributed by atoms with Crippen molar-refractivity contribution in [2.24, 2.45) is 5.41 Å². The summed E-state index contributed by atoms with van der Waals surface area (Å²) >= 11 is 6.07. The van der Waals surface area contributed by atoms with Gasteiger partial charge >= 0.3 is 0 Å². The lowest BCUT2D eigenvalue weighted by Gasteiger charge is -2.36. The Morgan fingerprint density at radius 1 is 1.21 bits per heavy atom. The first-order chi connectivity index (χ1) is 11.3. The van der Waals surface area contributed by atoms with Crippen LogP contribution < -0.4 is 10.1 Å². The van der Waals surface area contributed by atoms with E-state index < -0.39 is 5.41 Å². The summed E-state index contributed by atoms with van der Waals surface area (Å²) in [6.07, 6.45) is 0.